The summed E-state index contributed by atoms with van der Waals surface area (Å²) in [6, 6.07) is 13.9. The fraction of sp³-hybridized carbons (Fsp3) is 0.333. The van der Waals surface area contributed by atoms with Gasteiger partial charge in [-0.25, -0.2) is 13.6 Å². The van der Waals surface area contributed by atoms with Crippen molar-refractivity contribution in [3.05, 3.63) is 81.4 Å². The van der Waals surface area contributed by atoms with Gasteiger partial charge >= 0.3 is 14.3 Å². The van der Waals surface area contributed by atoms with Gasteiger partial charge in [-0.2, -0.15) is 4.39 Å². The van der Waals surface area contributed by atoms with Crippen molar-refractivity contribution in [2.75, 3.05) is 27.8 Å². The van der Waals surface area contributed by atoms with Gasteiger partial charge in [0.25, 0.3) is 5.56 Å². The van der Waals surface area contributed by atoms with Crippen LogP contribution in [0, 0.1) is 5.82 Å². The lowest BCUT2D eigenvalue weighted by atomic mass is 10.2. The average molecular weight is 558 g/mol. The molecule has 1 fully saturated rings. The van der Waals surface area contributed by atoms with Crippen LogP contribution >= 0.6 is 8.60 Å². The van der Waals surface area contributed by atoms with E-state index in [2.05, 4.69) is 0 Å². The van der Waals surface area contributed by atoms with Crippen molar-refractivity contribution >= 4 is 8.60 Å². The molecule has 1 aliphatic heterocycles. The third-order valence-corrected chi connectivity index (χ3v) is 6.24. The van der Waals surface area contributed by atoms with Crippen LogP contribution in [0.4, 0.5) is 13.2 Å². The highest BCUT2D eigenvalue weighted by Crippen LogP contribution is 2.43. The van der Waals surface area contributed by atoms with Gasteiger partial charge in [-0.3, -0.25) is 18.9 Å². The minimum absolute atomic E-state index is 0.106. The highest BCUT2D eigenvalue weighted by Gasteiger charge is 2.30. The average Bonchev–Trinajstić information content (AvgIpc) is 3.39. The molecule has 2 heterocycles. The number of nitrogens with zero attached hydrogens (tertiary/aromatic N) is 1. The van der Waals surface area contributed by atoms with Crippen molar-refractivity contribution in [1.29, 1.82) is 0 Å². The van der Waals surface area contributed by atoms with Gasteiger partial charge in [0.1, 0.15) is 29.2 Å². The first-order chi connectivity index (χ1) is 18.4. The SMILES string of the molecule is COc1ccc(OP(OCC2CCC(n3cc(F)c(=O)[nH]c3=O)O2)Oc2ccc(OC)cc2)cc1.FCF. The van der Waals surface area contributed by atoms with E-state index in [0.717, 1.165) is 10.8 Å². The van der Waals surface area contributed by atoms with Gasteiger partial charge in [0.15, 0.2) is 0 Å². The van der Waals surface area contributed by atoms with Gasteiger partial charge in [-0.1, -0.05) is 0 Å². The summed E-state index contributed by atoms with van der Waals surface area (Å²) in [6.45, 7) is -1.64. The molecular weight excluding hydrogens is 532 g/mol. The van der Waals surface area contributed by atoms with Gasteiger partial charge in [-0.05, 0) is 61.4 Å². The van der Waals surface area contributed by atoms with Crippen LogP contribution in [0.2, 0.25) is 0 Å². The second-order valence-corrected chi connectivity index (χ2v) is 8.66. The van der Waals surface area contributed by atoms with Crippen molar-refractivity contribution in [3.63, 3.8) is 0 Å². The molecule has 3 aromatic rings. The summed E-state index contributed by atoms with van der Waals surface area (Å²) in [4.78, 5) is 25.2. The zero-order valence-electron chi connectivity index (χ0n) is 20.5. The van der Waals surface area contributed by atoms with Crippen LogP contribution in [0.15, 0.2) is 64.3 Å². The van der Waals surface area contributed by atoms with E-state index >= 15 is 0 Å². The summed E-state index contributed by atoms with van der Waals surface area (Å²) >= 11 is 0. The Labute approximate surface area is 216 Å². The largest absolute Gasteiger partial charge is 0.497 e. The Balaban J connectivity index is 0.00000127. The van der Waals surface area contributed by atoms with Gasteiger partial charge < -0.3 is 23.3 Å². The Morgan fingerprint density at radius 1 is 0.921 bits per heavy atom. The number of hydrogen-bond acceptors (Lipinski definition) is 8. The number of aromatic amines is 1. The van der Waals surface area contributed by atoms with Gasteiger partial charge in [0, 0.05) is 0 Å². The molecule has 10 nitrogen and oxygen atoms in total. The molecule has 0 aliphatic carbocycles. The molecule has 0 bridgehead atoms. The molecule has 2 atom stereocenters. The number of ether oxygens (including phenoxy) is 3. The minimum atomic E-state index is -1.88. The van der Waals surface area contributed by atoms with Crippen molar-refractivity contribution in [2.45, 2.75) is 25.2 Å². The molecule has 38 heavy (non-hydrogen) atoms. The first-order valence-electron chi connectivity index (χ1n) is 11.2. The zero-order valence-corrected chi connectivity index (χ0v) is 21.4. The lowest BCUT2D eigenvalue weighted by molar-refractivity contribution is -0.0215. The van der Waals surface area contributed by atoms with E-state index in [1.165, 1.54) is 0 Å². The van der Waals surface area contributed by atoms with Gasteiger partial charge in [0.05, 0.1) is 33.1 Å². The zero-order chi connectivity index (χ0) is 27.5. The summed E-state index contributed by atoms with van der Waals surface area (Å²) in [7, 11) is 1.27. The maximum Gasteiger partial charge on any atom is 0.463 e. The van der Waals surface area contributed by atoms with E-state index in [1.54, 1.807) is 62.8 Å². The Morgan fingerprint density at radius 2 is 1.42 bits per heavy atom. The molecule has 1 aliphatic rings. The lowest BCUT2D eigenvalue weighted by Crippen LogP contribution is -2.34. The van der Waals surface area contributed by atoms with E-state index < -0.39 is 44.9 Å². The summed E-state index contributed by atoms with van der Waals surface area (Å²) in [5.41, 5.74) is -1.81. The number of H-pyrrole nitrogens is 1. The number of alkyl halides is 2. The highest BCUT2D eigenvalue weighted by atomic mass is 31.2. The van der Waals surface area contributed by atoms with Crippen LogP contribution in [0.1, 0.15) is 19.1 Å². The normalized spacial score (nSPS) is 16.5. The van der Waals surface area contributed by atoms with Crippen molar-refractivity contribution in [2.24, 2.45) is 0 Å². The van der Waals surface area contributed by atoms with E-state index in [0.29, 0.717) is 35.8 Å². The molecule has 2 aromatic carbocycles. The van der Waals surface area contributed by atoms with Gasteiger partial charge in [-0.15, -0.1) is 0 Å². The Kier molecular flexibility index (Phi) is 11.0. The number of hydrogen-bond donors (Lipinski definition) is 1. The molecule has 14 heteroatoms. The Bertz CT molecular complexity index is 1210. The topological polar surface area (TPSA) is 110 Å². The molecule has 0 amide bonds. The van der Waals surface area contributed by atoms with Crippen molar-refractivity contribution in [3.8, 4) is 23.0 Å². The van der Waals surface area contributed by atoms with Crippen molar-refractivity contribution in [1.82, 2.24) is 9.55 Å². The number of methoxy groups -OCH3 is 2. The standard InChI is InChI=1S/C23H24FN2O8P.CH2F2/c1-29-15-3-7-17(8-4-15)33-35(34-18-9-5-16(30-2)6-10-18)31-14-19-11-12-21(32-19)26-13-20(24)22(27)25-23(26)28;2-1-3/h3-10,13,19,21H,11-12,14H2,1-2H3,(H,25,27,28);1H2. The van der Waals surface area contributed by atoms with E-state index in [1.807, 2.05) is 4.98 Å². The van der Waals surface area contributed by atoms with E-state index in [4.69, 9.17) is 27.8 Å². The van der Waals surface area contributed by atoms with Crippen molar-refractivity contribution < 1.29 is 41.0 Å². The highest BCUT2D eigenvalue weighted by molar-refractivity contribution is 7.42. The summed E-state index contributed by atoms with van der Waals surface area (Å²) in [6.07, 6.45) is 0.716. The van der Waals surface area contributed by atoms with E-state index in [-0.39, 0.29) is 6.61 Å². The van der Waals surface area contributed by atoms with Crippen LogP contribution in [-0.4, -0.2) is 43.4 Å². The predicted molar refractivity (Wildman–Crippen MR) is 132 cm³/mol. The Morgan fingerprint density at radius 3 is 1.92 bits per heavy atom. The van der Waals surface area contributed by atoms with Gasteiger partial charge in [0.2, 0.25) is 12.7 Å². The maximum atomic E-state index is 13.6. The molecule has 206 valence electrons. The lowest BCUT2D eigenvalue weighted by Gasteiger charge is -2.20. The van der Waals surface area contributed by atoms with Crippen LogP contribution < -0.4 is 29.8 Å². The minimum Gasteiger partial charge on any atom is -0.497 e. The molecule has 1 N–H and O–H groups in total. The number of nitrogens with one attached hydrogen (secondary N) is 1. The predicted octanol–water partition coefficient (Wildman–Crippen LogP) is 4.65. The molecule has 0 saturated carbocycles. The maximum absolute atomic E-state index is 13.6. The monoisotopic (exact) mass is 558 g/mol. The fourth-order valence-electron chi connectivity index (χ4n) is 3.35. The summed E-state index contributed by atoms with van der Waals surface area (Å²) in [5, 5.41) is 0. The molecule has 0 spiro atoms. The van der Waals surface area contributed by atoms with Crippen LogP contribution in [0.5, 0.6) is 23.0 Å². The summed E-state index contributed by atoms with van der Waals surface area (Å²) < 4.78 is 67.9. The number of rotatable bonds is 10. The second-order valence-electron chi connectivity index (χ2n) is 7.59. The van der Waals surface area contributed by atoms with Crippen LogP contribution in [0.3, 0.4) is 0 Å². The quantitative estimate of drug-likeness (QED) is 0.358. The second kappa shape index (κ2) is 14.4. The fourth-order valence-corrected chi connectivity index (χ4v) is 4.37. The Hall–Kier alpha value is -3.54. The summed E-state index contributed by atoms with van der Waals surface area (Å²) in [5.74, 6) is 1.34. The molecule has 1 saturated heterocycles. The number of aromatic nitrogens is 2. The third-order valence-electron chi connectivity index (χ3n) is 5.16. The molecule has 4 rings (SSSR count). The third kappa shape index (κ3) is 8.23. The van der Waals surface area contributed by atoms with Crippen LogP contribution in [-0.2, 0) is 9.26 Å². The van der Waals surface area contributed by atoms with Crippen LogP contribution in [0.25, 0.3) is 0 Å². The first kappa shape index (κ1) is 29.0. The molecular formula is C24H26F3N2O8P. The number of benzene rings is 2. The smallest absolute Gasteiger partial charge is 0.463 e. The molecule has 2 unspecified atom stereocenters. The first-order valence-corrected chi connectivity index (χ1v) is 12.3. The molecule has 0 radical (unpaired) electrons. The number of halogens is 3. The van der Waals surface area contributed by atoms with E-state index in [9.17, 15) is 22.8 Å². The molecule has 1 aromatic heterocycles.